The molecule has 0 aromatic carbocycles. The second kappa shape index (κ2) is 9.53. The molecule has 0 radical (unpaired) electrons. The Labute approximate surface area is 138 Å². The zero-order chi connectivity index (χ0) is 17.4. The Morgan fingerprint density at radius 1 is 1.13 bits per heavy atom. The van der Waals surface area contributed by atoms with Gasteiger partial charge in [-0.15, -0.1) is 0 Å². The molecule has 1 aliphatic carbocycles. The van der Waals surface area contributed by atoms with Crippen molar-refractivity contribution in [3.63, 3.8) is 0 Å². The predicted octanol–water partition coefficient (Wildman–Crippen LogP) is 1.93. The van der Waals surface area contributed by atoms with E-state index in [2.05, 4.69) is 10.6 Å². The summed E-state index contributed by atoms with van der Waals surface area (Å²) >= 11 is 0. The Morgan fingerprint density at radius 3 is 2.26 bits per heavy atom. The lowest BCUT2D eigenvalue weighted by Crippen LogP contribution is -2.41. The normalized spacial score (nSPS) is 17.7. The number of nitrogens with one attached hydrogen (secondary N) is 2. The van der Waals surface area contributed by atoms with Gasteiger partial charge < -0.3 is 15.7 Å². The third kappa shape index (κ3) is 7.48. The Morgan fingerprint density at radius 2 is 1.74 bits per heavy atom. The van der Waals surface area contributed by atoms with Gasteiger partial charge >= 0.3 is 5.97 Å². The summed E-state index contributed by atoms with van der Waals surface area (Å²) in [5.74, 6) is -1.30. The van der Waals surface area contributed by atoms with Gasteiger partial charge in [0.25, 0.3) is 0 Å². The fraction of sp³-hybridized carbons (Fsp3) is 0.824. The van der Waals surface area contributed by atoms with Gasteiger partial charge in [0.15, 0.2) is 0 Å². The maximum atomic E-state index is 12.0. The van der Waals surface area contributed by atoms with Crippen molar-refractivity contribution in [1.82, 2.24) is 10.6 Å². The molecular formula is C17H30N2O4. The van der Waals surface area contributed by atoms with Crippen LogP contribution in [-0.2, 0) is 14.4 Å². The number of hydrogen-bond acceptors (Lipinski definition) is 3. The molecule has 0 aromatic rings. The summed E-state index contributed by atoms with van der Waals surface area (Å²) in [5.41, 5.74) is 0. The van der Waals surface area contributed by atoms with Crippen LogP contribution in [0.1, 0.15) is 59.3 Å². The highest BCUT2D eigenvalue weighted by atomic mass is 16.4. The fourth-order valence-corrected chi connectivity index (χ4v) is 3.03. The molecule has 1 saturated carbocycles. The van der Waals surface area contributed by atoms with Gasteiger partial charge in [-0.05, 0) is 32.1 Å². The summed E-state index contributed by atoms with van der Waals surface area (Å²) in [6, 6.07) is -0.239. The van der Waals surface area contributed by atoms with Gasteiger partial charge in [-0.1, -0.05) is 26.7 Å². The first-order valence-corrected chi connectivity index (χ1v) is 8.59. The topological polar surface area (TPSA) is 95.5 Å². The van der Waals surface area contributed by atoms with Crippen molar-refractivity contribution in [2.75, 3.05) is 6.54 Å². The lowest BCUT2D eigenvalue weighted by atomic mass is 9.97. The fourth-order valence-electron chi connectivity index (χ4n) is 3.03. The van der Waals surface area contributed by atoms with Crippen molar-refractivity contribution in [2.24, 2.45) is 17.8 Å². The number of carbonyl (C=O) groups is 3. The lowest BCUT2D eigenvalue weighted by Gasteiger charge is -2.18. The molecule has 2 atom stereocenters. The zero-order valence-electron chi connectivity index (χ0n) is 14.4. The monoisotopic (exact) mass is 326 g/mol. The molecule has 0 aliphatic heterocycles. The molecule has 0 aromatic heterocycles. The van der Waals surface area contributed by atoms with E-state index in [1.165, 1.54) is 0 Å². The standard InChI is InChI=1S/C17H30N2O4/c1-11(2)8-14(17(22)23)10-18-15(20)9-12(3)19-16(21)13-6-4-5-7-13/h11-14H,4-10H2,1-3H3,(H,18,20)(H,19,21)(H,22,23). The van der Waals surface area contributed by atoms with Crippen molar-refractivity contribution in [3.05, 3.63) is 0 Å². The zero-order valence-corrected chi connectivity index (χ0v) is 14.4. The Kier molecular flexibility index (Phi) is 8.06. The van der Waals surface area contributed by atoms with Gasteiger partial charge in [0, 0.05) is 24.9 Å². The Bertz CT molecular complexity index is 417. The number of carboxylic acids is 1. The minimum absolute atomic E-state index is 0.0334. The van der Waals surface area contributed by atoms with Gasteiger partial charge in [-0.25, -0.2) is 0 Å². The molecule has 2 amide bonds. The number of hydrogen-bond donors (Lipinski definition) is 3. The Balaban J connectivity index is 2.31. The largest absolute Gasteiger partial charge is 0.481 e. The van der Waals surface area contributed by atoms with Gasteiger partial charge in [0.05, 0.1) is 5.92 Å². The average Bonchev–Trinajstić information content (AvgIpc) is 2.96. The number of carbonyl (C=O) groups excluding carboxylic acids is 2. The van der Waals surface area contributed by atoms with E-state index in [1.807, 2.05) is 13.8 Å². The van der Waals surface area contributed by atoms with Crippen LogP contribution in [0.4, 0.5) is 0 Å². The van der Waals surface area contributed by atoms with Crippen LogP contribution in [0.2, 0.25) is 0 Å². The maximum Gasteiger partial charge on any atom is 0.308 e. The highest BCUT2D eigenvalue weighted by Crippen LogP contribution is 2.24. The van der Waals surface area contributed by atoms with E-state index < -0.39 is 11.9 Å². The summed E-state index contributed by atoms with van der Waals surface area (Å²) in [6.07, 6.45) is 4.76. The molecule has 0 saturated heterocycles. The molecule has 3 N–H and O–H groups in total. The molecule has 0 bridgehead atoms. The van der Waals surface area contributed by atoms with Crippen LogP contribution in [-0.4, -0.2) is 35.5 Å². The first kappa shape index (κ1) is 19.5. The summed E-state index contributed by atoms with van der Waals surface area (Å²) in [5, 5.41) is 14.7. The number of amides is 2. The molecule has 23 heavy (non-hydrogen) atoms. The average molecular weight is 326 g/mol. The quantitative estimate of drug-likeness (QED) is 0.603. The van der Waals surface area contributed by atoms with E-state index >= 15 is 0 Å². The maximum absolute atomic E-state index is 12.0. The first-order chi connectivity index (χ1) is 10.8. The van der Waals surface area contributed by atoms with E-state index in [-0.39, 0.29) is 42.7 Å². The van der Waals surface area contributed by atoms with Crippen molar-refractivity contribution in [2.45, 2.75) is 65.3 Å². The van der Waals surface area contributed by atoms with E-state index in [4.69, 9.17) is 5.11 Å². The van der Waals surface area contributed by atoms with Crippen LogP contribution in [0.5, 0.6) is 0 Å². The lowest BCUT2D eigenvalue weighted by molar-refractivity contribution is -0.142. The molecule has 0 spiro atoms. The van der Waals surface area contributed by atoms with Crippen LogP contribution < -0.4 is 10.6 Å². The number of carboxylic acid groups (broad SMARTS) is 1. The van der Waals surface area contributed by atoms with E-state index in [0.717, 1.165) is 25.7 Å². The van der Waals surface area contributed by atoms with Gasteiger partial charge in [-0.3, -0.25) is 14.4 Å². The van der Waals surface area contributed by atoms with E-state index in [0.29, 0.717) is 6.42 Å². The minimum atomic E-state index is -0.887. The summed E-state index contributed by atoms with van der Waals surface area (Å²) < 4.78 is 0. The van der Waals surface area contributed by atoms with Crippen molar-refractivity contribution in [3.8, 4) is 0 Å². The van der Waals surface area contributed by atoms with Crippen LogP contribution in [0.25, 0.3) is 0 Å². The predicted molar refractivity (Wildman–Crippen MR) is 87.8 cm³/mol. The molecule has 132 valence electrons. The molecule has 6 heteroatoms. The summed E-state index contributed by atoms with van der Waals surface area (Å²) in [6.45, 7) is 5.85. The van der Waals surface area contributed by atoms with Crippen LogP contribution in [0, 0.1) is 17.8 Å². The smallest absolute Gasteiger partial charge is 0.308 e. The second-order valence-corrected chi connectivity index (χ2v) is 7.06. The molecule has 1 rings (SSSR count). The van der Waals surface area contributed by atoms with Crippen LogP contribution >= 0.6 is 0 Å². The SMILES string of the molecule is CC(C)CC(CNC(=O)CC(C)NC(=O)C1CCCC1)C(=O)O. The molecule has 0 heterocycles. The van der Waals surface area contributed by atoms with Crippen molar-refractivity contribution < 1.29 is 19.5 Å². The van der Waals surface area contributed by atoms with Crippen LogP contribution in [0.15, 0.2) is 0 Å². The molecule has 2 unspecified atom stereocenters. The highest BCUT2D eigenvalue weighted by Gasteiger charge is 2.24. The minimum Gasteiger partial charge on any atom is -0.481 e. The van der Waals surface area contributed by atoms with Gasteiger partial charge in [0.1, 0.15) is 0 Å². The second-order valence-electron chi connectivity index (χ2n) is 7.06. The van der Waals surface area contributed by atoms with Gasteiger partial charge in [-0.2, -0.15) is 0 Å². The first-order valence-electron chi connectivity index (χ1n) is 8.59. The summed E-state index contributed by atoms with van der Waals surface area (Å²) in [4.78, 5) is 35.1. The third-order valence-electron chi connectivity index (χ3n) is 4.26. The molecule has 1 aliphatic rings. The highest BCUT2D eigenvalue weighted by molar-refractivity contribution is 5.81. The molecular weight excluding hydrogens is 296 g/mol. The van der Waals surface area contributed by atoms with E-state index in [1.54, 1.807) is 6.92 Å². The summed E-state index contributed by atoms with van der Waals surface area (Å²) in [7, 11) is 0. The Hall–Kier alpha value is -1.59. The van der Waals surface area contributed by atoms with Crippen LogP contribution in [0.3, 0.4) is 0 Å². The van der Waals surface area contributed by atoms with Gasteiger partial charge in [0.2, 0.25) is 11.8 Å². The van der Waals surface area contributed by atoms with Crippen molar-refractivity contribution in [1.29, 1.82) is 0 Å². The number of rotatable bonds is 9. The molecule has 1 fully saturated rings. The number of aliphatic carboxylic acids is 1. The van der Waals surface area contributed by atoms with Crippen molar-refractivity contribution >= 4 is 17.8 Å². The third-order valence-corrected chi connectivity index (χ3v) is 4.26. The molecule has 6 nitrogen and oxygen atoms in total. The van der Waals surface area contributed by atoms with E-state index in [9.17, 15) is 14.4 Å².